The second-order valence-corrected chi connectivity index (χ2v) is 8.25. The van der Waals surface area contributed by atoms with Gasteiger partial charge in [0.15, 0.2) is 9.84 Å². The van der Waals surface area contributed by atoms with E-state index in [2.05, 4.69) is 27.2 Å². The summed E-state index contributed by atoms with van der Waals surface area (Å²) in [5.41, 5.74) is 1.89. The molecule has 1 unspecified atom stereocenters. The van der Waals surface area contributed by atoms with Crippen LogP contribution in [-0.2, 0) is 16.4 Å². The van der Waals surface area contributed by atoms with Crippen LogP contribution in [0.2, 0.25) is 0 Å². The summed E-state index contributed by atoms with van der Waals surface area (Å²) in [4.78, 5) is 20.1. The highest BCUT2D eigenvalue weighted by atomic mass is 32.2. The van der Waals surface area contributed by atoms with Crippen LogP contribution in [0.1, 0.15) is 16.4 Å². The Bertz CT molecular complexity index is 1070. The van der Waals surface area contributed by atoms with Crippen LogP contribution in [0.4, 0.5) is 10.5 Å². The highest BCUT2D eigenvalue weighted by molar-refractivity contribution is 7.91. The van der Waals surface area contributed by atoms with Crippen molar-refractivity contribution < 1.29 is 13.2 Å². The molecule has 7 nitrogen and oxygen atoms in total. The number of rotatable bonds is 7. The molecule has 0 saturated heterocycles. The molecular weight excluding hydrogens is 388 g/mol. The number of sulfone groups is 1. The van der Waals surface area contributed by atoms with Gasteiger partial charge in [0.25, 0.3) is 0 Å². The zero-order valence-electron chi connectivity index (χ0n) is 15.5. The second kappa shape index (κ2) is 9.11. The third kappa shape index (κ3) is 5.05. The molecule has 1 atom stereocenters. The molecule has 3 aromatic rings. The highest BCUT2D eigenvalue weighted by Gasteiger charge is 2.26. The maximum Gasteiger partial charge on any atom is 0.319 e. The first-order chi connectivity index (χ1) is 14.0. The molecule has 0 aliphatic carbocycles. The van der Waals surface area contributed by atoms with E-state index in [4.69, 9.17) is 0 Å². The fourth-order valence-corrected chi connectivity index (χ4v) is 4.28. The summed E-state index contributed by atoms with van der Waals surface area (Å²) >= 11 is 0. The van der Waals surface area contributed by atoms with Crippen LogP contribution in [-0.4, -0.2) is 24.4 Å². The predicted octanol–water partition coefficient (Wildman–Crippen LogP) is 3.50. The standard InChI is InChI=1S/C21H20N4O3S/c1-2-20(17-6-4-12-23-15-17)29(27,28)19-9-7-18(8-10-19)25-21(26)24-14-16-5-3-11-22-13-16/h2-13,15,20H,1,14H2,(H2,24,25,26). The van der Waals surface area contributed by atoms with E-state index < -0.39 is 21.1 Å². The topological polar surface area (TPSA) is 101 Å². The van der Waals surface area contributed by atoms with Crippen LogP contribution < -0.4 is 10.6 Å². The fraction of sp³-hybridized carbons (Fsp3) is 0.0952. The van der Waals surface area contributed by atoms with E-state index in [9.17, 15) is 13.2 Å². The molecule has 0 aliphatic rings. The van der Waals surface area contributed by atoms with Crippen LogP contribution in [0.25, 0.3) is 0 Å². The molecule has 2 amide bonds. The number of hydrogen-bond donors (Lipinski definition) is 2. The molecule has 2 heterocycles. The van der Waals surface area contributed by atoms with Crippen molar-refractivity contribution >= 4 is 21.6 Å². The Kier molecular flexibility index (Phi) is 6.36. The van der Waals surface area contributed by atoms with Gasteiger partial charge in [-0.25, -0.2) is 13.2 Å². The molecule has 0 bridgehead atoms. The first-order valence-electron chi connectivity index (χ1n) is 8.81. The number of anilines is 1. The minimum atomic E-state index is -3.69. The SMILES string of the molecule is C=CC(c1cccnc1)S(=O)(=O)c1ccc(NC(=O)NCc2cccnc2)cc1. The first kappa shape index (κ1) is 20.2. The summed E-state index contributed by atoms with van der Waals surface area (Å²) in [5, 5.41) is 4.48. The molecule has 0 saturated carbocycles. The van der Waals surface area contributed by atoms with E-state index in [1.54, 1.807) is 48.9 Å². The summed E-state index contributed by atoms with van der Waals surface area (Å²) in [6.07, 6.45) is 7.79. The van der Waals surface area contributed by atoms with Gasteiger partial charge in [-0.3, -0.25) is 9.97 Å². The number of hydrogen-bond acceptors (Lipinski definition) is 5. The van der Waals surface area contributed by atoms with Crippen LogP contribution in [0.5, 0.6) is 0 Å². The van der Waals surface area contributed by atoms with Crippen molar-refractivity contribution in [1.82, 2.24) is 15.3 Å². The quantitative estimate of drug-likeness (QED) is 0.583. The molecule has 0 fully saturated rings. The van der Waals surface area contributed by atoms with Crippen molar-refractivity contribution in [2.24, 2.45) is 0 Å². The van der Waals surface area contributed by atoms with Gasteiger partial charge in [0, 0.05) is 37.0 Å². The lowest BCUT2D eigenvalue weighted by Gasteiger charge is -2.14. The Morgan fingerprint density at radius 1 is 1.03 bits per heavy atom. The average molecular weight is 408 g/mol. The smallest absolute Gasteiger partial charge is 0.319 e. The third-order valence-electron chi connectivity index (χ3n) is 4.18. The monoisotopic (exact) mass is 408 g/mol. The molecule has 148 valence electrons. The molecule has 3 rings (SSSR count). The molecule has 29 heavy (non-hydrogen) atoms. The number of urea groups is 1. The number of amides is 2. The van der Waals surface area contributed by atoms with E-state index in [0.717, 1.165) is 5.56 Å². The lowest BCUT2D eigenvalue weighted by molar-refractivity contribution is 0.251. The highest BCUT2D eigenvalue weighted by Crippen LogP contribution is 2.30. The second-order valence-electron chi connectivity index (χ2n) is 6.18. The van der Waals surface area contributed by atoms with E-state index in [1.807, 2.05) is 6.07 Å². The van der Waals surface area contributed by atoms with Crippen molar-refractivity contribution in [3.05, 3.63) is 97.1 Å². The van der Waals surface area contributed by atoms with Crippen molar-refractivity contribution in [1.29, 1.82) is 0 Å². The van der Waals surface area contributed by atoms with Crippen LogP contribution in [0.15, 0.2) is 90.9 Å². The normalized spacial score (nSPS) is 12.0. The maximum absolute atomic E-state index is 13.0. The predicted molar refractivity (Wildman–Crippen MR) is 111 cm³/mol. The Hall–Kier alpha value is -3.52. The van der Waals surface area contributed by atoms with Gasteiger partial charge in [0.05, 0.1) is 4.90 Å². The van der Waals surface area contributed by atoms with Gasteiger partial charge in [-0.15, -0.1) is 6.58 Å². The summed E-state index contributed by atoms with van der Waals surface area (Å²) in [7, 11) is -3.69. The van der Waals surface area contributed by atoms with E-state index in [1.165, 1.54) is 24.4 Å². The Balaban J connectivity index is 1.67. The van der Waals surface area contributed by atoms with Crippen molar-refractivity contribution in [3.8, 4) is 0 Å². The Morgan fingerprint density at radius 2 is 1.72 bits per heavy atom. The molecule has 2 N–H and O–H groups in total. The third-order valence-corrected chi connectivity index (χ3v) is 6.24. The summed E-state index contributed by atoms with van der Waals surface area (Å²) in [6, 6.07) is 12.6. The average Bonchev–Trinajstić information content (AvgIpc) is 2.74. The van der Waals surface area contributed by atoms with Gasteiger partial charge < -0.3 is 10.6 Å². The number of aromatic nitrogens is 2. The zero-order chi connectivity index (χ0) is 20.7. The molecule has 8 heteroatoms. The summed E-state index contributed by atoms with van der Waals surface area (Å²) in [6.45, 7) is 3.99. The van der Waals surface area contributed by atoms with Gasteiger partial charge in [0.2, 0.25) is 0 Å². The molecule has 1 aromatic carbocycles. The molecule has 0 radical (unpaired) electrons. The Labute approximate surface area is 169 Å². The zero-order valence-corrected chi connectivity index (χ0v) is 16.3. The Morgan fingerprint density at radius 3 is 2.31 bits per heavy atom. The number of nitrogens with one attached hydrogen (secondary N) is 2. The van der Waals surface area contributed by atoms with E-state index in [0.29, 0.717) is 17.8 Å². The minimum absolute atomic E-state index is 0.132. The summed E-state index contributed by atoms with van der Waals surface area (Å²) < 4.78 is 25.9. The molecule has 0 aliphatic heterocycles. The minimum Gasteiger partial charge on any atom is -0.334 e. The van der Waals surface area contributed by atoms with Crippen LogP contribution >= 0.6 is 0 Å². The van der Waals surface area contributed by atoms with Crippen molar-refractivity contribution in [3.63, 3.8) is 0 Å². The van der Waals surface area contributed by atoms with E-state index >= 15 is 0 Å². The van der Waals surface area contributed by atoms with Gasteiger partial charge >= 0.3 is 6.03 Å². The molecule has 0 spiro atoms. The number of carbonyl (C=O) groups excluding carboxylic acids is 1. The number of carbonyl (C=O) groups is 1. The number of benzene rings is 1. The van der Waals surface area contributed by atoms with Crippen LogP contribution in [0.3, 0.4) is 0 Å². The lowest BCUT2D eigenvalue weighted by atomic mass is 10.2. The van der Waals surface area contributed by atoms with Crippen LogP contribution in [0, 0.1) is 0 Å². The largest absolute Gasteiger partial charge is 0.334 e. The first-order valence-corrected chi connectivity index (χ1v) is 10.4. The van der Waals surface area contributed by atoms with Gasteiger partial charge in [-0.05, 0) is 47.5 Å². The summed E-state index contributed by atoms with van der Waals surface area (Å²) in [5.74, 6) is 0. The van der Waals surface area contributed by atoms with Gasteiger partial charge in [-0.2, -0.15) is 0 Å². The van der Waals surface area contributed by atoms with E-state index in [-0.39, 0.29) is 4.90 Å². The molecule has 2 aromatic heterocycles. The van der Waals surface area contributed by atoms with Gasteiger partial charge in [-0.1, -0.05) is 18.2 Å². The maximum atomic E-state index is 13.0. The molecular formula is C21H20N4O3S. The lowest BCUT2D eigenvalue weighted by Crippen LogP contribution is -2.28. The van der Waals surface area contributed by atoms with Crippen molar-refractivity contribution in [2.75, 3.05) is 5.32 Å². The number of nitrogens with zero attached hydrogens (tertiary/aromatic N) is 2. The van der Waals surface area contributed by atoms with Gasteiger partial charge in [0.1, 0.15) is 5.25 Å². The fourth-order valence-electron chi connectivity index (χ4n) is 2.72. The number of pyridine rings is 2. The van der Waals surface area contributed by atoms with Crippen molar-refractivity contribution in [2.45, 2.75) is 16.7 Å².